The van der Waals surface area contributed by atoms with Gasteiger partial charge in [-0.05, 0) is 86.5 Å². The van der Waals surface area contributed by atoms with Crippen LogP contribution in [0.1, 0.15) is 64.2 Å². The second kappa shape index (κ2) is 5.06. The van der Waals surface area contributed by atoms with Crippen LogP contribution in [-0.2, 0) is 0 Å². The second-order valence-electron chi connectivity index (χ2n) is 8.37. The van der Waals surface area contributed by atoms with Crippen LogP contribution in [0.3, 0.4) is 0 Å². The Morgan fingerprint density at radius 1 is 0.842 bits per heavy atom. The first-order valence-corrected chi connectivity index (χ1v) is 9.03. The summed E-state index contributed by atoms with van der Waals surface area (Å²) in [6.07, 6.45) is 15.3. The lowest BCUT2D eigenvalue weighted by atomic mass is 9.50. The van der Waals surface area contributed by atoms with E-state index >= 15 is 0 Å². The van der Waals surface area contributed by atoms with Crippen LogP contribution in [0.4, 0.5) is 0 Å². The average molecular weight is 261 g/mol. The van der Waals surface area contributed by atoms with Crippen LogP contribution >= 0.6 is 0 Å². The normalized spacial score (nSPS) is 46.9. The molecular weight excluding hydrogens is 230 g/mol. The third-order valence-corrected chi connectivity index (χ3v) is 7.37. The first kappa shape index (κ1) is 12.7. The highest BCUT2D eigenvalue weighted by Crippen LogP contribution is 2.58. The Labute approximate surface area is 118 Å². The van der Waals surface area contributed by atoms with Gasteiger partial charge < -0.3 is 5.73 Å². The van der Waals surface area contributed by atoms with Crippen molar-refractivity contribution >= 4 is 0 Å². The summed E-state index contributed by atoms with van der Waals surface area (Å²) in [4.78, 5) is 0. The third kappa shape index (κ3) is 2.26. The molecule has 5 fully saturated rings. The van der Waals surface area contributed by atoms with Gasteiger partial charge in [0.25, 0.3) is 0 Å². The Morgan fingerprint density at radius 2 is 1.42 bits per heavy atom. The van der Waals surface area contributed by atoms with Gasteiger partial charge in [0.15, 0.2) is 0 Å². The number of rotatable bonds is 4. The van der Waals surface area contributed by atoms with Crippen LogP contribution in [-0.4, -0.2) is 6.54 Å². The van der Waals surface area contributed by atoms with Crippen molar-refractivity contribution in [3.63, 3.8) is 0 Å². The van der Waals surface area contributed by atoms with E-state index in [4.69, 9.17) is 5.73 Å². The van der Waals surface area contributed by atoms with Gasteiger partial charge >= 0.3 is 0 Å². The smallest absolute Gasteiger partial charge is 0.00461 e. The summed E-state index contributed by atoms with van der Waals surface area (Å²) < 4.78 is 0. The van der Waals surface area contributed by atoms with Crippen molar-refractivity contribution in [1.29, 1.82) is 0 Å². The van der Waals surface area contributed by atoms with Crippen LogP contribution in [0, 0.1) is 41.4 Å². The van der Waals surface area contributed by atoms with Crippen LogP contribution in [0.5, 0.6) is 0 Å². The van der Waals surface area contributed by atoms with E-state index in [1.54, 1.807) is 32.1 Å². The highest BCUT2D eigenvalue weighted by atomic mass is 14.6. The van der Waals surface area contributed by atoms with Crippen molar-refractivity contribution in [1.82, 2.24) is 0 Å². The highest BCUT2D eigenvalue weighted by molar-refractivity contribution is 4.99. The number of hydrogen-bond donors (Lipinski definition) is 1. The predicted octanol–water partition coefficient (Wildman–Crippen LogP) is 4.21. The van der Waals surface area contributed by atoms with Gasteiger partial charge in [-0.3, -0.25) is 0 Å². The molecule has 108 valence electrons. The maximum Gasteiger partial charge on any atom is -0.00461 e. The van der Waals surface area contributed by atoms with Crippen molar-refractivity contribution in [2.75, 3.05) is 6.54 Å². The summed E-state index contributed by atoms with van der Waals surface area (Å²) >= 11 is 0. The van der Waals surface area contributed by atoms with Crippen molar-refractivity contribution in [3.05, 3.63) is 0 Å². The second-order valence-corrected chi connectivity index (χ2v) is 8.37. The minimum absolute atomic E-state index is 0.866. The van der Waals surface area contributed by atoms with Crippen molar-refractivity contribution in [3.8, 4) is 0 Å². The molecule has 5 saturated carbocycles. The van der Waals surface area contributed by atoms with E-state index in [2.05, 4.69) is 0 Å². The summed E-state index contributed by atoms with van der Waals surface area (Å²) in [5, 5.41) is 0. The van der Waals surface area contributed by atoms with E-state index in [1.807, 2.05) is 0 Å². The molecule has 0 aromatic carbocycles. The zero-order chi connectivity index (χ0) is 12.8. The van der Waals surface area contributed by atoms with Gasteiger partial charge in [0.1, 0.15) is 0 Å². The van der Waals surface area contributed by atoms with E-state index in [9.17, 15) is 0 Å². The molecule has 1 atom stereocenters. The zero-order valence-electron chi connectivity index (χ0n) is 12.4. The van der Waals surface area contributed by atoms with E-state index in [0.717, 1.165) is 48.0 Å². The van der Waals surface area contributed by atoms with Crippen molar-refractivity contribution in [2.45, 2.75) is 64.2 Å². The van der Waals surface area contributed by atoms with Crippen LogP contribution in [0.2, 0.25) is 0 Å². The molecule has 0 amide bonds. The molecule has 0 saturated heterocycles. The molecule has 0 aromatic rings. The van der Waals surface area contributed by atoms with Crippen molar-refractivity contribution in [2.24, 2.45) is 47.2 Å². The molecule has 19 heavy (non-hydrogen) atoms. The number of nitrogens with two attached hydrogens (primary N) is 1. The average Bonchev–Trinajstić information content (AvgIpc) is 2.91. The molecule has 5 rings (SSSR count). The molecule has 2 N–H and O–H groups in total. The molecule has 1 unspecified atom stereocenters. The van der Waals surface area contributed by atoms with Crippen LogP contribution in [0.15, 0.2) is 0 Å². The minimum atomic E-state index is 0.866. The predicted molar refractivity (Wildman–Crippen MR) is 79.7 cm³/mol. The monoisotopic (exact) mass is 261 g/mol. The molecule has 1 heteroatoms. The Hall–Kier alpha value is -0.0400. The first-order chi connectivity index (χ1) is 9.33. The topological polar surface area (TPSA) is 26.0 Å². The van der Waals surface area contributed by atoms with E-state index in [-0.39, 0.29) is 0 Å². The van der Waals surface area contributed by atoms with Crippen LogP contribution in [0.25, 0.3) is 0 Å². The van der Waals surface area contributed by atoms with Gasteiger partial charge in [0.2, 0.25) is 0 Å². The number of hydrogen-bond acceptors (Lipinski definition) is 1. The maximum absolute atomic E-state index is 6.16. The zero-order valence-corrected chi connectivity index (χ0v) is 12.4. The lowest BCUT2D eigenvalue weighted by Crippen LogP contribution is -2.46. The van der Waals surface area contributed by atoms with E-state index < -0.39 is 0 Å². The quantitative estimate of drug-likeness (QED) is 0.806. The van der Waals surface area contributed by atoms with Gasteiger partial charge in [-0.25, -0.2) is 0 Å². The lowest BCUT2D eigenvalue weighted by Gasteiger charge is -2.55. The first-order valence-electron chi connectivity index (χ1n) is 9.03. The van der Waals surface area contributed by atoms with E-state index in [1.165, 1.54) is 32.1 Å². The molecule has 1 nitrogen and oxygen atoms in total. The Kier molecular flexibility index (Phi) is 3.38. The molecule has 0 aliphatic heterocycles. The van der Waals surface area contributed by atoms with Gasteiger partial charge in [0, 0.05) is 0 Å². The molecule has 4 bridgehead atoms. The molecule has 0 radical (unpaired) electrons. The standard InChI is InChI=1S/C18H31N/c19-11-17(14-3-1-2-4-14)10-18-15-6-12-5-13(8-15)9-16(18)7-12/h12-18H,1-11,19H2. The minimum Gasteiger partial charge on any atom is -0.330 e. The Balaban J connectivity index is 1.44. The summed E-state index contributed by atoms with van der Waals surface area (Å²) in [7, 11) is 0. The molecule has 0 heterocycles. The summed E-state index contributed by atoms with van der Waals surface area (Å²) in [5.41, 5.74) is 6.16. The molecule has 5 aliphatic rings. The Bertz CT molecular complexity index is 290. The fourth-order valence-corrected chi connectivity index (χ4v) is 6.68. The maximum atomic E-state index is 6.16. The third-order valence-electron chi connectivity index (χ3n) is 7.37. The molecule has 0 spiro atoms. The van der Waals surface area contributed by atoms with Gasteiger partial charge in [-0.1, -0.05) is 25.7 Å². The van der Waals surface area contributed by atoms with Crippen LogP contribution < -0.4 is 5.73 Å². The largest absolute Gasteiger partial charge is 0.330 e. The summed E-state index contributed by atoms with van der Waals surface area (Å²) in [6.45, 7) is 0.966. The molecular formula is C18H31N. The summed E-state index contributed by atoms with van der Waals surface area (Å²) in [5.74, 6) is 7.38. The van der Waals surface area contributed by atoms with Gasteiger partial charge in [-0.2, -0.15) is 0 Å². The highest BCUT2D eigenvalue weighted by Gasteiger charge is 2.48. The molecule has 0 aromatic heterocycles. The fourth-order valence-electron chi connectivity index (χ4n) is 6.68. The van der Waals surface area contributed by atoms with Gasteiger partial charge in [0.05, 0.1) is 0 Å². The lowest BCUT2D eigenvalue weighted by molar-refractivity contribution is -0.0481. The van der Waals surface area contributed by atoms with Crippen molar-refractivity contribution < 1.29 is 0 Å². The fraction of sp³-hybridized carbons (Fsp3) is 1.00. The van der Waals surface area contributed by atoms with E-state index in [0.29, 0.717) is 0 Å². The summed E-state index contributed by atoms with van der Waals surface area (Å²) in [6, 6.07) is 0. The Morgan fingerprint density at radius 3 is 1.95 bits per heavy atom. The van der Waals surface area contributed by atoms with Gasteiger partial charge in [-0.15, -0.1) is 0 Å². The SMILES string of the molecule is NCC(CC1C2CC3CC(C2)CC1C3)C1CCCC1. The molecule has 5 aliphatic carbocycles.